The maximum absolute atomic E-state index is 6.02. The topological polar surface area (TPSA) is 41.3 Å². The summed E-state index contributed by atoms with van der Waals surface area (Å²) in [7, 11) is 2.20. The summed E-state index contributed by atoms with van der Waals surface area (Å²) in [6, 6.07) is 0.720. The van der Waals surface area contributed by atoms with E-state index in [1.165, 1.54) is 38.8 Å². The SMILES string of the molecule is CN1CCC(NCC2(N)CC2)CC1. The third-order valence-electron chi connectivity index (χ3n) is 3.35. The van der Waals surface area contributed by atoms with Gasteiger partial charge in [0.1, 0.15) is 0 Å². The second-order valence-corrected chi connectivity index (χ2v) is 4.82. The Bertz CT molecular complexity index is 169. The molecule has 0 bridgehead atoms. The molecule has 0 aromatic carbocycles. The molecule has 76 valence electrons. The first kappa shape index (κ1) is 9.44. The maximum Gasteiger partial charge on any atom is 0.0282 e. The van der Waals surface area contributed by atoms with Gasteiger partial charge in [-0.3, -0.25) is 0 Å². The van der Waals surface area contributed by atoms with Crippen molar-refractivity contribution in [3.8, 4) is 0 Å². The molecule has 2 fully saturated rings. The Morgan fingerprint density at radius 1 is 1.38 bits per heavy atom. The molecule has 3 heteroatoms. The van der Waals surface area contributed by atoms with E-state index < -0.39 is 0 Å². The van der Waals surface area contributed by atoms with E-state index in [9.17, 15) is 0 Å². The highest BCUT2D eigenvalue weighted by atomic mass is 15.1. The van der Waals surface area contributed by atoms with Gasteiger partial charge in [-0.2, -0.15) is 0 Å². The molecular weight excluding hydrogens is 162 g/mol. The van der Waals surface area contributed by atoms with Crippen molar-refractivity contribution in [2.45, 2.75) is 37.3 Å². The van der Waals surface area contributed by atoms with E-state index in [2.05, 4.69) is 17.3 Å². The maximum atomic E-state index is 6.02. The fraction of sp³-hybridized carbons (Fsp3) is 1.00. The van der Waals surface area contributed by atoms with Gasteiger partial charge in [0.05, 0.1) is 0 Å². The monoisotopic (exact) mass is 183 g/mol. The number of rotatable bonds is 3. The summed E-state index contributed by atoms with van der Waals surface area (Å²) in [4.78, 5) is 2.40. The van der Waals surface area contributed by atoms with Crippen LogP contribution >= 0.6 is 0 Å². The molecule has 0 amide bonds. The van der Waals surface area contributed by atoms with Crippen LogP contribution in [-0.4, -0.2) is 43.2 Å². The number of piperidine rings is 1. The van der Waals surface area contributed by atoms with Crippen LogP contribution < -0.4 is 11.1 Å². The normalized spacial score (nSPS) is 29.1. The number of nitrogens with two attached hydrogens (primary N) is 1. The second kappa shape index (κ2) is 3.56. The first-order valence-electron chi connectivity index (χ1n) is 5.39. The van der Waals surface area contributed by atoms with Crippen molar-refractivity contribution in [2.75, 3.05) is 26.7 Å². The number of hydrogen-bond acceptors (Lipinski definition) is 3. The van der Waals surface area contributed by atoms with Crippen molar-refractivity contribution < 1.29 is 0 Å². The predicted octanol–water partition coefficient (Wildman–Crippen LogP) is 0.162. The molecule has 0 aromatic heterocycles. The summed E-state index contributed by atoms with van der Waals surface area (Å²) in [5, 5.41) is 3.59. The second-order valence-electron chi connectivity index (χ2n) is 4.82. The van der Waals surface area contributed by atoms with Gasteiger partial charge >= 0.3 is 0 Å². The number of nitrogens with zero attached hydrogens (tertiary/aromatic N) is 1. The Balaban J connectivity index is 1.65. The fourth-order valence-corrected chi connectivity index (χ4v) is 1.90. The van der Waals surface area contributed by atoms with Gasteiger partial charge in [-0.25, -0.2) is 0 Å². The van der Waals surface area contributed by atoms with E-state index in [0.717, 1.165) is 12.6 Å². The van der Waals surface area contributed by atoms with Crippen LogP contribution in [0.2, 0.25) is 0 Å². The van der Waals surface area contributed by atoms with Gasteiger partial charge in [-0.15, -0.1) is 0 Å². The van der Waals surface area contributed by atoms with E-state index in [1.807, 2.05) is 0 Å². The lowest BCUT2D eigenvalue weighted by Crippen LogP contribution is -2.46. The fourth-order valence-electron chi connectivity index (χ4n) is 1.90. The first-order chi connectivity index (χ1) is 6.18. The molecule has 1 aliphatic carbocycles. The molecule has 3 N–H and O–H groups in total. The average molecular weight is 183 g/mol. The number of nitrogens with one attached hydrogen (secondary N) is 1. The molecule has 1 saturated carbocycles. The summed E-state index contributed by atoms with van der Waals surface area (Å²) in [5.41, 5.74) is 6.19. The van der Waals surface area contributed by atoms with E-state index in [4.69, 9.17) is 5.73 Å². The van der Waals surface area contributed by atoms with Gasteiger partial charge < -0.3 is 16.0 Å². The van der Waals surface area contributed by atoms with Gasteiger partial charge in [-0.1, -0.05) is 0 Å². The van der Waals surface area contributed by atoms with Crippen molar-refractivity contribution in [3.05, 3.63) is 0 Å². The number of hydrogen-bond donors (Lipinski definition) is 2. The van der Waals surface area contributed by atoms with Crippen LogP contribution in [0.25, 0.3) is 0 Å². The molecule has 0 aromatic rings. The summed E-state index contributed by atoms with van der Waals surface area (Å²) in [5.74, 6) is 0. The number of likely N-dealkylation sites (tertiary alicyclic amines) is 1. The Morgan fingerprint density at radius 2 is 2.00 bits per heavy atom. The molecular formula is C10H21N3. The summed E-state index contributed by atoms with van der Waals surface area (Å²) in [6.45, 7) is 3.49. The highest BCUT2D eigenvalue weighted by molar-refractivity contribution is 5.01. The van der Waals surface area contributed by atoms with Crippen LogP contribution in [0.15, 0.2) is 0 Å². The first-order valence-corrected chi connectivity index (χ1v) is 5.39. The van der Waals surface area contributed by atoms with Gasteiger partial charge in [-0.05, 0) is 45.8 Å². The zero-order valence-electron chi connectivity index (χ0n) is 8.55. The van der Waals surface area contributed by atoms with Gasteiger partial charge in [0.2, 0.25) is 0 Å². The molecule has 1 aliphatic heterocycles. The quantitative estimate of drug-likeness (QED) is 0.655. The predicted molar refractivity (Wildman–Crippen MR) is 54.7 cm³/mol. The Hall–Kier alpha value is -0.120. The highest BCUT2D eigenvalue weighted by Crippen LogP contribution is 2.31. The van der Waals surface area contributed by atoms with Crippen molar-refractivity contribution in [3.63, 3.8) is 0 Å². The van der Waals surface area contributed by atoms with E-state index in [1.54, 1.807) is 0 Å². The minimum Gasteiger partial charge on any atom is -0.324 e. The summed E-state index contributed by atoms with van der Waals surface area (Å²) < 4.78 is 0. The van der Waals surface area contributed by atoms with Gasteiger partial charge in [0.15, 0.2) is 0 Å². The molecule has 1 saturated heterocycles. The lowest BCUT2D eigenvalue weighted by Gasteiger charge is -2.30. The molecule has 2 aliphatic rings. The zero-order chi connectivity index (χ0) is 9.31. The van der Waals surface area contributed by atoms with E-state index >= 15 is 0 Å². The van der Waals surface area contributed by atoms with Gasteiger partial charge in [0, 0.05) is 18.1 Å². The third-order valence-corrected chi connectivity index (χ3v) is 3.35. The van der Waals surface area contributed by atoms with Crippen LogP contribution in [0.1, 0.15) is 25.7 Å². The average Bonchev–Trinajstić information content (AvgIpc) is 2.84. The summed E-state index contributed by atoms with van der Waals surface area (Å²) in [6.07, 6.45) is 5.00. The van der Waals surface area contributed by atoms with E-state index in [0.29, 0.717) is 0 Å². The Labute approximate surface area is 80.7 Å². The smallest absolute Gasteiger partial charge is 0.0282 e. The Kier molecular flexibility index (Phi) is 2.58. The van der Waals surface area contributed by atoms with Crippen molar-refractivity contribution in [1.82, 2.24) is 10.2 Å². The van der Waals surface area contributed by atoms with Crippen molar-refractivity contribution in [1.29, 1.82) is 0 Å². The molecule has 0 spiro atoms. The molecule has 2 rings (SSSR count). The highest BCUT2D eigenvalue weighted by Gasteiger charge is 2.38. The molecule has 3 nitrogen and oxygen atoms in total. The largest absolute Gasteiger partial charge is 0.324 e. The van der Waals surface area contributed by atoms with Gasteiger partial charge in [0.25, 0.3) is 0 Å². The van der Waals surface area contributed by atoms with Crippen LogP contribution in [0.5, 0.6) is 0 Å². The standard InChI is InChI=1S/C10H21N3/c1-13-6-2-9(3-7-13)12-8-10(11)4-5-10/h9,12H,2-8,11H2,1H3. The molecule has 1 heterocycles. The minimum absolute atomic E-state index is 0.170. The third kappa shape index (κ3) is 2.66. The minimum atomic E-state index is 0.170. The summed E-state index contributed by atoms with van der Waals surface area (Å²) >= 11 is 0. The lowest BCUT2D eigenvalue weighted by molar-refractivity contribution is 0.232. The lowest BCUT2D eigenvalue weighted by atomic mass is 10.1. The molecule has 0 unspecified atom stereocenters. The van der Waals surface area contributed by atoms with Crippen LogP contribution in [-0.2, 0) is 0 Å². The van der Waals surface area contributed by atoms with Crippen molar-refractivity contribution in [2.24, 2.45) is 5.73 Å². The Morgan fingerprint density at radius 3 is 2.54 bits per heavy atom. The zero-order valence-corrected chi connectivity index (χ0v) is 8.55. The van der Waals surface area contributed by atoms with E-state index in [-0.39, 0.29) is 5.54 Å². The molecule has 0 atom stereocenters. The van der Waals surface area contributed by atoms with Crippen LogP contribution in [0.3, 0.4) is 0 Å². The molecule has 0 radical (unpaired) electrons. The van der Waals surface area contributed by atoms with Crippen LogP contribution in [0, 0.1) is 0 Å². The van der Waals surface area contributed by atoms with Crippen molar-refractivity contribution >= 4 is 0 Å². The van der Waals surface area contributed by atoms with Crippen LogP contribution in [0.4, 0.5) is 0 Å². The molecule has 13 heavy (non-hydrogen) atoms.